The highest BCUT2D eigenvalue weighted by molar-refractivity contribution is 5.00. The number of rotatable bonds is 1. The zero-order valence-electron chi connectivity index (χ0n) is 9.09. The quantitative estimate of drug-likeness (QED) is 0.661. The van der Waals surface area contributed by atoms with Crippen LogP contribution in [0.2, 0.25) is 0 Å². The lowest BCUT2D eigenvalue weighted by atomic mass is 9.53. The van der Waals surface area contributed by atoms with Crippen LogP contribution < -0.4 is 0 Å². The maximum Gasteiger partial charge on any atom is 0.0627 e. The van der Waals surface area contributed by atoms with Crippen molar-refractivity contribution in [3.05, 3.63) is 0 Å². The molecule has 1 nitrogen and oxygen atoms in total. The van der Waals surface area contributed by atoms with Crippen LogP contribution in [0.15, 0.2) is 0 Å². The van der Waals surface area contributed by atoms with Gasteiger partial charge < -0.3 is 5.11 Å². The van der Waals surface area contributed by atoms with E-state index in [0.29, 0.717) is 11.8 Å². The van der Waals surface area contributed by atoms with E-state index in [-0.39, 0.29) is 11.5 Å². The Balaban J connectivity index is 2.22. The molecule has 0 aromatic heterocycles. The van der Waals surface area contributed by atoms with Gasteiger partial charge in [-0.3, -0.25) is 0 Å². The van der Waals surface area contributed by atoms with Crippen molar-refractivity contribution < 1.29 is 5.11 Å². The smallest absolute Gasteiger partial charge is 0.0627 e. The van der Waals surface area contributed by atoms with E-state index in [1.54, 1.807) is 0 Å². The molecule has 3 aliphatic carbocycles. The van der Waals surface area contributed by atoms with Crippen LogP contribution in [0.25, 0.3) is 0 Å². The van der Waals surface area contributed by atoms with Crippen LogP contribution in [-0.2, 0) is 0 Å². The Kier molecular flexibility index (Phi) is 2.18. The lowest BCUT2D eigenvalue weighted by Crippen LogP contribution is -2.52. The Labute approximate surface area is 81.5 Å². The van der Waals surface area contributed by atoms with Crippen molar-refractivity contribution in [1.82, 2.24) is 0 Å². The van der Waals surface area contributed by atoms with E-state index in [4.69, 9.17) is 0 Å². The van der Waals surface area contributed by atoms with E-state index >= 15 is 0 Å². The molecule has 0 saturated heterocycles. The summed E-state index contributed by atoms with van der Waals surface area (Å²) in [7, 11) is 0. The topological polar surface area (TPSA) is 20.2 Å². The van der Waals surface area contributed by atoms with Crippen LogP contribution in [0, 0.1) is 23.2 Å². The summed E-state index contributed by atoms with van der Waals surface area (Å²) < 4.78 is 0. The van der Waals surface area contributed by atoms with Crippen LogP contribution in [0.4, 0.5) is 0 Å². The Morgan fingerprint density at radius 1 is 1.23 bits per heavy atom. The largest absolute Gasteiger partial charge is 0.392 e. The Morgan fingerprint density at radius 2 is 1.77 bits per heavy atom. The molecule has 1 N–H and O–H groups in total. The van der Waals surface area contributed by atoms with Crippen molar-refractivity contribution in [2.45, 2.75) is 52.6 Å². The zero-order chi connectivity index (χ0) is 9.64. The molecule has 3 aliphatic rings. The Bertz CT molecular complexity index is 189. The van der Waals surface area contributed by atoms with E-state index in [9.17, 15) is 5.11 Å². The average molecular weight is 182 g/mol. The molecular formula is C12H22O. The summed E-state index contributed by atoms with van der Waals surface area (Å²) in [6.07, 6.45) is 5.19. The second-order valence-electron chi connectivity index (χ2n) is 5.76. The normalized spacial score (nSPS) is 50.1. The van der Waals surface area contributed by atoms with Crippen LogP contribution in [0.1, 0.15) is 46.5 Å². The molecule has 2 bridgehead atoms. The first-order valence-corrected chi connectivity index (χ1v) is 5.73. The second-order valence-corrected chi connectivity index (χ2v) is 5.76. The number of fused-ring (bicyclic) bond motifs is 3. The Hall–Kier alpha value is -0.0400. The molecule has 0 radical (unpaired) electrons. The summed E-state index contributed by atoms with van der Waals surface area (Å²) in [6.45, 7) is 6.80. The molecule has 0 aromatic carbocycles. The molecule has 3 rings (SSSR count). The highest BCUT2D eigenvalue weighted by Crippen LogP contribution is 2.54. The third kappa shape index (κ3) is 1.32. The van der Waals surface area contributed by atoms with Crippen molar-refractivity contribution in [3.63, 3.8) is 0 Å². The predicted octanol–water partition coefficient (Wildman–Crippen LogP) is 2.83. The lowest BCUT2D eigenvalue weighted by molar-refractivity contribution is -0.126. The molecule has 3 fully saturated rings. The number of hydrogen-bond acceptors (Lipinski definition) is 1. The molecule has 1 heteroatoms. The summed E-state index contributed by atoms with van der Waals surface area (Å²) in [6, 6.07) is 0. The standard InChI is InChI=1S/C12H22O/c1-8(2)10-9-4-6-12(3,7-5-9)11(10)13/h8-11,13H,4-7H2,1-3H3. The van der Waals surface area contributed by atoms with Gasteiger partial charge in [0.05, 0.1) is 6.10 Å². The van der Waals surface area contributed by atoms with Gasteiger partial charge in [-0.2, -0.15) is 0 Å². The molecule has 13 heavy (non-hydrogen) atoms. The SMILES string of the molecule is CC(C)C1C2CCC(C)(CC2)C1O. The van der Waals surface area contributed by atoms with Gasteiger partial charge in [-0.15, -0.1) is 0 Å². The van der Waals surface area contributed by atoms with E-state index in [1.807, 2.05) is 0 Å². The van der Waals surface area contributed by atoms with Gasteiger partial charge in [-0.1, -0.05) is 20.8 Å². The van der Waals surface area contributed by atoms with Gasteiger partial charge >= 0.3 is 0 Å². The minimum Gasteiger partial charge on any atom is -0.392 e. The first-order chi connectivity index (χ1) is 6.04. The second kappa shape index (κ2) is 2.98. The molecule has 0 amide bonds. The fraction of sp³-hybridized carbons (Fsp3) is 1.00. The van der Waals surface area contributed by atoms with E-state index in [0.717, 1.165) is 5.92 Å². The van der Waals surface area contributed by atoms with Crippen molar-refractivity contribution in [1.29, 1.82) is 0 Å². The monoisotopic (exact) mass is 182 g/mol. The minimum absolute atomic E-state index is 0.0278. The molecule has 2 atom stereocenters. The van der Waals surface area contributed by atoms with Gasteiger partial charge in [0.1, 0.15) is 0 Å². The minimum atomic E-state index is -0.0278. The zero-order valence-corrected chi connectivity index (χ0v) is 9.09. The van der Waals surface area contributed by atoms with Gasteiger partial charge in [0.25, 0.3) is 0 Å². The van der Waals surface area contributed by atoms with Crippen molar-refractivity contribution in [3.8, 4) is 0 Å². The maximum atomic E-state index is 10.3. The third-order valence-electron chi connectivity index (χ3n) is 4.57. The average Bonchev–Trinajstić information content (AvgIpc) is 2.07. The third-order valence-corrected chi connectivity index (χ3v) is 4.57. The molecular weight excluding hydrogens is 160 g/mol. The first-order valence-electron chi connectivity index (χ1n) is 5.73. The van der Waals surface area contributed by atoms with Gasteiger partial charge in [0, 0.05) is 0 Å². The van der Waals surface area contributed by atoms with Crippen LogP contribution in [-0.4, -0.2) is 11.2 Å². The van der Waals surface area contributed by atoms with Crippen LogP contribution in [0.5, 0.6) is 0 Å². The van der Waals surface area contributed by atoms with Crippen LogP contribution in [0.3, 0.4) is 0 Å². The highest BCUT2D eigenvalue weighted by Gasteiger charge is 2.50. The molecule has 3 saturated carbocycles. The first kappa shape index (κ1) is 9.51. The molecule has 0 spiro atoms. The molecule has 0 aromatic rings. The van der Waals surface area contributed by atoms with Gasteiger partial charge in [-0.05, 0) is 48.9 Å². The number of aliphatic hydroxyl groups excluding tert-OH is 1. The fourth-order valence-corrected chi connectivity index (χ4v) is 3.61. The van der Waals surface area contributed by atoms with Crippen molar-refractivity contribution in [2.75, 3.05) is 0 Å². The van der Waals surface area contributed by atoms with Gasteiger partial charge in [-0.25, -0.2) is 0 Å². The summed E-state index contributed by atoms with van der Waals surface area (Å²) in [5.41, 5.74) is 0.254. The molecule has 76 valence electrons. The predicted molar refractivity (Wildman–Crippen MR) is 54.4 cm³/mol. The lowest BCUT2D eigenvalue weighted by Gasteiger charge is -2.54. The fourth-order valence-electron chi connectivity index (χ4n) is 3.61. The summed E-state index contributed by atoms with van der Waals surface area (Å²) in [5, 5.41) is 10.3. The maximum absolute atomic E-state index is 10.3. The number of hydrogen-bond donors (Lipinski definition) is 1. The van der Waals surface area contributed by atoms with Gasteiger partial charge in [0.15, 0.2) is 0 Å². The molecule has 0 heterocycles. The summed E-state index contributed by atoms with van der Waals surface area (Å²) in [5.74, 6) is 2.05. The summed E-state index contributed by atoms with van der Waals surface area (Å²) in [4.78, 5) is 0. The van der Waals surface area contributed by atoms with E-state index < -0.39 is 0 Å². The van der Waals surface area contributed by atoms with Crippen molar-refractivity contribution >= 4 is 0 Å². The molecule has 2 unspecified atom stereocenters. The van der Waals surface area contributed by atoms with Crippen molar-refractivity contribution in [2.24, 2.45) is 23.2 Å². The van der Waals surface area contributed by atoms with E-state index in [2.05, 4.69) is 20.8 Å². The summed E-state index contributed by atoms with van der Waals surface area (Å²) >= 11 is 0. The molecule has 0 aliphatic heterocycles. The van der Waals surface area contributed by atoms with E-state index in [1.165, 1.54) is 25.7 Å². The number of aliphatic hydroxyl groups is 1. The van der Waals surface area contributed by atoms with Crippen LogP contribution >= 0.6 is 0 Å². The van der Waals surface area contributed by atoms with Gasteiger partial charge in [0.2, 0.25) is 0 Å². The highest BCUT2D eigenvalue weighted by atomic mass is 16.3. The Morgan fingerprint density at radius 3 is 2.15 bits per heavy atom.